The van der Waals surface area contributed by atoms with E-state index in [1.54, 1.807) is 17.5 Å². The molecule has 3 rings (SSSR count). The molecular formula is C15H14ClN3S. The topological polar surface area (TPSA) is 29.9 Å². The van der Waals surface area contributed by atoms with Crippen LogP contribution in [0.2, 0.25) is 4.34 Å². The lowest BCUT2D eigenvalue weighted by Crippen LogP contribution is -2.05. The molecule has 1 unspecified atom stereocenters. The molecule has 0 amide bonds. The number of aromatic nitrogens is 2. The Morgan fingerprint density at radius 2 is 2.10 bits per heavy atom. The number of halogens is 1. The first-order chi connectivity index (χ1) is 9.72. The zero-order chi connectivity index (χ0) is 13.9. The van der Waals surface area contributed by atoms with Crippen molar-refractivity contribution in [1.82, 2.24) is 9.78 Å². The molecule has 0 saturated heterocycles. The first-order valence-electron chi connectivity index (χ1n) is 6.33. The van der Waals surface area contributed by atoms with Gasteiger partial charge in [0.1, 0.15) is 0 Å². The normalized spacial score (nSPS) is 12.3. The van der Waals surface area contributed by atoms with E-state index in [0.29, 0.717) is 0 Å². The lowest BCUT2D eigenvalue weighted by Gasteiger charge is -2.14. The van der Waals surface area contributed by atoms with Gasteiger partial charge in [0.15, 0.2) is 0 Å². The van der Waals surface area contributed by atoms with Crippen LogP contribution in [0.3, 0.4) is 0 Å². The second-order valence-corrected chi connectivity index (χ2v) is 6.09. The van der Waals surface area contributed by atoms with Crippen LogP contribution in [-0.2, 0) is 0 Å². The van der Waals surface area contributed by atoms with Crippen molar-refractivity contribution in [2.24, 2.45) is 0 Å². The van der Waals surface area contributed by atoms with Gasteiger partial charge in [0.25, 0.3) is 0 Å². The van der Waals surface area contributed by atoms with Crippen molar-refractivity contribution in [3.8, 4) is 5.69 Å². The maximum Gasteiger partial charge on any atom is 0.0931 e. The molecule has 2 heterocycles. The Labute approximate surface area is 126 Å². The third kappa shape index (κ3) is 2.86. The van der Waals surface area contributed by atoms with Gasteiger partial charge in [-0.15, -0.1) is 11.3 Å². The molecule has 1 aromatic carbocycles. The van der Waals surface area contributed by atoms with Crippen molar-refractivity contribution in [1.29, 1.82) is 0 Å². The van der Waals surface area contributed by atoms with E-state index in [0.717, 1.165) is 15.7 Å². The Bertz CT molecular complexity index is 673. The average molecular weight is 304 g/mol. The summed E-state index contributed by atoms with van der Waals surface area (Å²) in [7, 11) is 0. The predicted molar refractivity (Wildman–Crippen MR) is 84.9 cm³/mol. The van der Waals surface area contributed by atoms with Crippen LogP contribution < -0.4 is 5.32 Å². The van der Waals surface area contributed by atoms with Crippen molar-refractivity contribution in [3.05, 3.63) is 64.1 Å². The van der Waals surface area contributed by atoms with Crippen molar-refractivity contribution in [2.75, 3.05) is 5.32 Å². The largest absolute Gasteiger partial charge is 0.378 e. The quantitative estimate of drug-likeness (QED) is 0.753. The highest BCUT2D eigenvalue weighted by Crippen LogP contribution is 2.27. The van der Waals surface area contributed by atoms with Crippen LogP contribution in [0.1, 0.15) is 18.5 Å². The molecule has 0 aliphatic rings. The average Bonchev–Trinajstić information content (AvgIpc) is 3.10. The fourth-order valence-corrected chi connectivity index (χ4v) is 3.00. The molecule has 0 spiro atoms. The number of nitrogens with zero attached hydrogens (tertiary/aromatic N) is 2. The number of benzene rings is 1. The maximum atomic E-state index is 5.97. The van der Waals surface area contributed by atoms with Crippen LogP contribution >= 0.6 is 22.9 Å². The highest BCUT2D eigenvalue weighted by Gasteiger charge is 2.07. The minimum absolute atomic E-state index is 0.231. The molecule has 1 atom stereocenters. The van der Waals surface area contributed by atoms with Gasteiger partial charge in [-0.2, -0.15) is 5.10 Å². The van der Waals surface area contributed by atoms with E-state index in [1.807, 2.05) is 35.1 Å². The van der Waals surface area contributed by atoms with Crippen LogP contribution in [0, 0.1) is 0 Å². The summed E-state index contributed by atoms with van der Waals surface area (Å²) in [6, 6.07) is 12.3. The lowest BCUT2D eigenvalue weighted by atomic mass is 10.1. The first kappa shape index (κ1) is 13.2. The van der Waals surface area contributed by atoms with Gasteiger partial charge in [0, 0.05) is 24.1 Å². The number of rotatable bonds is 4. The van der Waals surface area contributed by atoms with Crippen molar-refractivity contribution < 1.29 is 0 Å². The minimum Gasteiger partial charge on any atom is -0.378 e. The zero-order valence-electron chi connectivity index (χ0n) is 11.0. The van der Waals surface area contributed by atoms with Crippen molar-refractivity contribution >= 4 is 28.6 Å². The van der Waals surface area contributed by atoms with E-state index in [2.05, 4.69) is 34.9 Å². The summed E-state index contributed by atoms with van der Waals surface area (Å²) in [4.78, 5) is 0. The number of nitrogens with one attached hydrogen (secondary N) is 1. The van der Waals surface area contributed by atoms with E-state index in [4.69, 9.17) is 11.6 Å². The number of thiophene rings is 1. The third-order valence-electron chi connectivity index (χ3n) is 3.11. The predicted octanol–water partition coefficient (Wildman–Crippen LogP) is 4.76. The smallest absolute Gasteiger partial charge is 0.0931 e. The van der Waals surface area contributed by atoms with Gasteiger partial charge < -0.3 is 5.32 Å². The second-order valence-electron chi connectivity index (χ2n) is 4.55. The summed E-state index contributed by atoms with van der Waals surface area (Å²) in [6.07, 6.45) is 3.70. The molecule has 3 nitrogen and oxygen atoms in total. The fraction of sp³-hybridized carbons (Fsp3) is 0.133. The van der Waals surface area contributed by atoms with E-state index >= 15 is 0 Å². The molecule has 5 heteroatoms. The van der Waals surface area contributed by atoms with Gasteiger partial charge in [-0.1, -0.05) is 11.6 Å². The Kier molecular flexibility index (Phi) is 3.76. The number of anilines is 1. The standard InChI is InChI=1S/C15H14ClN3S/c1-11(12-9-15(16)20-10-12)18-13-3-5-14(6-4-13)19-8-2-7-17-19/h2-11,18H,1H3. The third-order valence-corrected chi connectivity index (χ3v) is 4.22. The Morgan fingerprint density at radius 3 is 2.70 bits per heavy atom. The molecule has 3 aromatic rings. The summed E-state index contributed by atoms with van der Waals surface area (Å²) >= 11 is 7.52. The summed E-state index contributed by atoms with van der Waals surface area (Å²) in [5, 5.41) is 9.75. The Balaban J connectivity index is 1.72. The number of hydrogen-bond donors (Lipinski definition) is 1. The summed E-state index contributed by atoms with van der Waals surface area (Å²) in [5.74, 6) is 0. The van der Waals surface area contributed by atoms with Crippen LogP contribution in [0.4, 0.5) is 5.69 Å². The Hall–Kier alpha value is -1.78. The van der Waals surface area contributed by atoms with Gasteiger partial charge in [-0.3, -0.25) is 0 Å². The molecule has 0 aliphatic carbocycles. The van der Waals surface area contributed by atoms with Crippen LogP contribution in [0.25, 0.3) is 5.69 Å². The highest BCUT2D eigenvalue weighted by atomic mass is 35.5. The zero-order valence-corrected chi connectivity index (χ0v) is 12.5. The van der Waals surface area contributed by atoms with Gasteiger partial charge in [-0.05, 0) is 54.3 Å². The molecule has 1 N–H and O–H groups in total. The minimum atomic E-state index is 0.231. The molecular weight excluding hydrogens is 290 g/mol. The van der Waals surface area contributed by atoms with E-state index in [-0.39, 0.29) is 6.04 Å². The van der Waals surface area contributed by atoms with E-state index in [9.17, 15) is 0 Å². The molecule has 20 heavy (non-hydrogen) atoms. The van der Waals surface area contributed by atoms with Crippen molar-refractivity contribution in [3.63, 3.8) is 0 Å². The first-order valence-corrected chi connectivity index (χ1v) is 7.59. The van der Waals surface area contributed by atoms with Crippen LogP contribution in [-0.4, -0.2) is 9.78 Å². The molecule has 0 aliphatic heterocycles. The molecule has 0 fully saturated rings. The summed E-state index contributed by atoms with van der Waals surface area (Å²) in [5.41, 5.74) is 3.33. The van der Waals surface area contributed by atoms with Crippen LogP contribution in [0.15, 0.2) is 54.2 Å². The second kappa shape index (κ2) is 5.69. The SMILES string of the molecule is CC(Nc1ccc(-n2cccn2)cc1)c1csc(Cl)c1. The lowest BCUT2D eigenvalue weighted by molar-refractivity contribution is 0.875. The monoisotopic (exact) mass is 303 g/mol. The van der Waals surface area contributed by atoms with E-state index < -0.39 is 0 Å². The number of hydrogen-bond acceptors (Lipinski definition) is 3. The van der Waals surface area contributed by atoms with Gasteiger partial charge in [-0.25, -0.2) is 4.68 Å². The maximum absolute atomic E-state index is 5.97. The fourth-order valence-electron chi connectivity index (χ4n) is 2.02. The molecule has 102 valence electrons. The summed E-state index contributed by atoms with van der Waals surface area (Å²) in [6.45, 7) is 2.12. The van der Waals surface area contributed by atoms with Gasteiger partial charge in [0.2, 0.25) is 0 Å². The summed E-state index contributed by atoms with van der Waals surface area (Å²) < 4.78 is 2.66. The Morgan fingerprint density at radius 1 is 1.30 bits per heavy atom. The van der Waals surface area contributed by atoms with Crippen molar-refractivity contribution in [2.45, 2.75) is 13.0 Å². The van der Waals surface area contributed by atoms with Gasteiger partial charge in [0.05, 0.1) is 10.0 Å². The molecule has 0 bridgehead atoms. The van der Waals surface area contributed by atoms with Gasteiger partial charge >= 0.3 is 0 Å². The van der Waals surface area contributed by atoms with E-state index in [1.165, 1.54) is 5.56 Å². The highest BCUT2D eigenvalue weighted by molar-refractivity contribution is 7.14. The molecule has 0 saturated carbocycles. The molecule has 0 radical (unpaired) electrons. The van der Waals surface area contributed by atoms with Crippen LogP contribution in [0.5, 0.6) is 0 Å². The molecule has 2 aromatic heterocycles.